The monoisotopic (exact) mass is 556 g/mol. The number of ether oxygens (including phenoxy) is 1. The zero-order chi connectivity index (χ0) is 27.3. The van der Waals surface area contributed by atoms with Crippen LogP contribution in [0.2, 0.25) is 5.02 Å². The molecule has 0 aliphatic carbocycles. The van der Waals surface area contributed by atoms with Gasteiger partial charge in [-0.2, -0.15) is 0 Å². The lowest BCUT2D eigenvalue weighted by molar-refractivity contribution is 0.135. The van der Waals surface area contributed by atoms with Crippen LogP contribution in [0.15, 0.2) is 54.6 Å². The Kier molecular flexibility index (Phi) is 9.59. The third-order valence-electron chi connectivity index (χ3n) is 7.08. The van der Waals surface area contributed by atoms with Gasteiger partial charge < -0.3 is 14.4 Å². The molecule has 1 heterocycles. The van der Waals surface area contributed by atoms with Gasteiger partial charge in [0.2, 0.25) is 0 Å². The Labute approximate surface area is 231 Å². The second-order valence-corrected chi connectivity index (χ2v) is 12.9. The third kappa shape index (κ3) is 7.42. The zero-order valence-electron chi connectivity index (χ0n) is 22.7. The van der Waals surface area contributed by atoms with E-state index >= 15 is 0 Å². The molecule has 3 aromatic rings. The molecule has 3 aromatic carbocycles. The van der Waals surface area contributed by atoms with Gasteiger partial charge in [0.15, 0.2) is 6.35 Å². The maximum atomic E-state index is 13.8. The van der Waals surface area contributed by atoms with Crippen LogP contribution in [-0.4, -0.2) is 18.1 Å². The number of aromatic hydroxyl groups is 1. The number of benzene rings is 3. The van der Waals surface area contributed by atoms with Gasteiger partial charge in [-0.15, -0.1) is 0 Å². The zero-order valence-corrected chi connectivity index (χ0v) is 24.4. The summed E-state index contributed by atoms with van der Waals surface area (Å²) < 4.78 is 31.8. The quantitative estimate of drug-likeness (QED) is 0.294. The second-order valence-electron chi connectivity index (χ2n) is 10.5. The van der Waals surface area contributed by atoms with Crippen molar-refractivity contribution in [2.24, 2.45) is 0 Å². The minimum Gasteiger partial charge on any atom is -0.508 e. The molecule has 0 amide bonds. The van der Waals surface area contributed by atoms with E-state index in [9.17, 15) is 9.67 Å². The largest absolute Gasteiger partial charge is 0.508 e. The molecule has 0 aromatic heterocycles. The molecule has 38 heavy (non-hydrogen) atoms. The van der Waals surface area contributed by atoms with Crippen LogP contribution in [0.4, 0.5) is 0 Å². The first-order valence-corrected chi connectivity index (χ1v) is 15.5. The smallest absolute Gasteiger partial charge is 0.368 e. The van der Waals surface area contributed by atoms with Gasteiger partial charge in [0, 0.05) is 5.02 Å². The van der Waals surface area contributed by atoms with E-state index in [2.05, 4.69) is 33.8 Å². The van der Waals surface area contributed by atoms with Crippen LogP contribution in [0.5, 0.6) is 11.5 Å². The van der Waals surface area contributed by atoms with Crippen molar-refractivity contribution in [1.82, 2.24) is 0 Å². The van der Waals surface area contributed by atoms with Gasteiger partial charge in [-0.05, 0) is 103 Å². The lowest BCUT2D eigenvalue weighted by Gasteiger charge is -2.24. The Morgan fingerprint density at radius 2 is 1.74 bits per heavy atom. The van der Waals surface area contributed by atoms with Crippen molar-refractivity contribution in [3.63, 3.8) is 0 Å². The van der Waals surface area contributed by atoms with Crippen molar-refractivity contribution in [3.8, 4) is 11.5 Å². The average molecular weight is 557 g/mol. The lowest BCUT2D eigenvalue weighted by Crippen LogP contribution is -2.10. The molecule has 1 fully saturated rings. The number of aryl methyl sites for hydroxylation is 2. The molecule has 0 spiro atoms. The van der Waals surface area contributed by atoms with Gasteiger partial charge >= 0.3 is 7.60 Å². The average Bonchev–Trinajstić information content (AvgIpc) is 2.97. The molecule has 4 rings (SSSR count). The number of rotatable bonds is 7. The Morgan fingerprint density at radius 1 is 1.03 bits per heavy atom. The highest BCUT2D eigenvalue weighted by Gasteiger charge is 2.32. The van der Waals surface area contributed by atoms with Crippen molar-refractivity contribution in [1.29, 1.82) is 0 Å². The van der Waals surface area contributed by atoms with E-state index in [1.807, 2.05) is 42.5 Å². The fourth-order valence-electron chi connectivity index (χ4n) is 4.91. The molecule has 204 valence electrons. The van der Waals surface area contributed by atoms with Gasteiger partial charge in [-0.25, -0.2) is 0 Å². The lowest BCUT2D eigenvalue weighted by atomic mass is 9.93. The Hall–Kier alpha value is -2.30. The van der Waals surface area contributed by atoms with Gasteiger partial charge in [0.25, 0.3) is 0 Å². The van der Waals surface area contributed by atoms with Gasteiger partial charge in [-0.1, -0.05) is 62.6 Å². The molecule has 0 saturated carbocycles. The fraction of sp³-hybridized carbons (Fsp3) is 0.419. The Bertz CT molecular complexity index is 1260. The van der Waals surface area contributed by atoms with E-state index < -0.39 is 7.60 Å². The minimum absolute atomic E-state index is 0.148. The first-order valence-electron chi connectivity index (χ1n) is 13.4. The van der Waals surface area contributed by atoms with E-state index in [-0.39, 0.29) is 18.4 Å². The summed E-state index contributed by atoms with van der Waals surface area (Å²) in [5.41, 5.74) is 6.43. The summed E-state index contributed by atoms with van der Waals surface area (Å²) in [6, 6.07) is 17.3. The number of halogens is 1. The highest BCUT2D eigenvalue weighted by molar-refractivity contribution is 7.53. The molecule has 1 aliphatic rings. The van der Waals surface area contributed by atoms with E-state index in [1.54, 1.807) is 6.07 Å². The van der Waals surface area contributed by atoms with Crippen LogP contribution in [0.1, 0.15) is 84.9 Å². The molecule has 2 unspecified atom stereocenters. The van der Waals surface area contributed by atoms with E-state index in [1.165, 1.54) is 5.56 Å². The van der Waals surface area contributed by atoms with Crippen molar-refractivity contribution >= 4 is 19.2 Å². The first kappa shape index (κ1) is 28.7. The van der Waals surface area contributed by atoms with Gasteiger partial charge in [-0.3, -0.25) is 9.09 Å². The summed E-state index contributed by atoms with van der Waals surface area (Å²) in [4.78, 5) is 0. The Morgan fingerprint density at radius 3 is 2.42 bits per heavy atom. The maximum absolute atomic E-state index is 13.8. The van der Waals surface area contributed by atoms with E-state index in [4.69, 9.17) is 25.4 Å². The molecular formula is C31H38ClO5P. The topological polar surface area (TPSA) is 65.0 Å². The summed E-state index contributed by atoms with van der Waals surface area (Å²) in [6.07, 6.45) is 3.83. The predicted molar refractivity (Wildman–Crippen MR) is 154 cm³/mol. The maximum Gasteiger partial charge on any atom is 0.368 e. The molecule has 5 nitrogen and oxygen atoms in total. The molecule has 0 bridgehead atoms. The van der Waals surface area contributed by atoms with Crippen LogP contribution < -0.4 is 4.74 Å². The van der Waals surface area contributed by atoms with Crippen LogP contribution in [0, 0.1) is 13.8 Å². The minimum atomic E-state index is -3.51. The molecule has 7 heteroatoms. The van der Waals surface area contributed by atoms with Crippen molar-refractivity contribution < 1.29 is 23.5 Å². The van der Waals surface area contributed by atoms with Crippen molar-refractivity contribution in [3.05, 3.63) is 93.0 Å². The standard InChI is InChI=1S/C31H38ClO5P/c1-21(2)28-18-24(9-14-30(28)33)19-29-22(3)16-27(17-23(29)4)35-20-38(34)36-15-7-5-6-8-31(37-38)25-10-12-26(32)13-11-25/h9-14,16-18,21,31,33H,5-8,15,19-20H2,1-4H3. The highest BCUT2D eigenvalue weighted by Crippen LogP contribution is 2.54. The second kappa shape index (κ2) is 12.7. The molecule has 1 N–H and O–H groups in total. The molecule has 0 radical (unpaired) electrons. The van der Waals surface area contributed by atoms with E-state index in [0.29, 0.717) is 23.1 Å². The number of hydrogen-bond acceptors (Lipinski definition) is 5. The number of hydrogen-bond donors (Lipinski definition) is 1. The van der Waals surface area contributed by atoms with Crippen LogP contribution in [0.25, 0.3) is 0 Å². The SMILES string of the molecule is Cc1cc(OCP2(=O)OCCCCCC(c3ccc(Cl)cc3)O2)cc(C)c1Cc1ccc(O)c(C(C)C)c1. The third-order valence-corrected chi connectivity index (χ3v) is 8.93. The molecule has 1 saturated heterocycles. The van der Waals surface area contributed by atoms with Crippen molar-refractivity contribution in [2.45, 2.75) is 71.8 Å². The van der Waals surface area contributed by atoms with Crippen LogP contribution in [-0.2, 0) is 20.0 Å². The summed E-state index contributed by atoms with van der Waals surface area (Å²) in [7, 11) is -3.51. The van der Waals surface area contributed by atoms with Crippen LogP contribution in [0.3, 0.4) is 0 Å². The van der Waals surface area contributed by atoms with Gasteiger partial charge in [0.1, 0.15) is 11.5 Å². The number of phenols is 1. The summed E-state index contributed by atoms with van der Waals surface area (Å²) in [5, 5.41) is 10.8. The predicted octanol–water partition coefficient (Wildman–Crippen LogP) is 9.25. The van der Waals surface area contributed by atoms with E-state index in [0.717, 1.165) is 59.9 Å². The molecule has 1 aliphatic heterocycles. The summed E-state index contributed by atoms with van der Waals surface area (Å²) in [6.45, 7) is 8.66. The number of phenolic OH excluding ortho intramolecular Hbond substituents is 1. The van der Waals surface area contributed by atoms with Crippen molar-refractivity contribution in [2.75, 3.05) is 13.0 Å². The van der Waals surface area contributed by atoms with Gasteiger partial charge in [0.05, 0.1) is 12.7 Å². The summed E-state index contributed by atoms with van der Waals surface area (Å²) >= 11 is 6.07. The fourth-order valence-corrected chi connectivity index (χ4v) is 6.56. The first-order chi connectivity index (χ1) is 18.1. The summed E-state index contributed by atoms with van der Waals surface area (Å²) in [5.74, 6) is 1.23. The Balaban J connectivity index is 1.49. The van der Waals surface area contributed by atoms with Crippen LogP contribution >= 0.6 is 19.2 Å². The molecule has 2 atom stereocenters. The normalized spacial score (nSPS) is 20.5. The highest BCUT2D eigenvalue weighted by atomic mass is 35.5. The molecular weight excluding hydrogens is 519 g/mol.